The fraction of sp³-hybridized carbons (Fsp3) is 0.476. The van der Waals surface area contributed by atoms with Gasteiger partial charge in [-0.25, -0.2) is 14.8 Å². The van der Waals surface area contributed by atoms with Crippen molar-refractivity contribution >= 4 is 11.9 Å². The van der Waals surface area contributed by atoms with Gasteiger partial charge in [-0.05, 0) is 74.3 Å². The molecular weight excluding hydrogens is 326 g/mol. The molecule has 1 aromatic carbocycles. The average Bonchev–Trinajstić information content (AvgIpc) is 2.66. The second kappa shape index (κ2) is 7.85. The van der Waals surface area contributed by atoms with Crippen molar-refractivity contribution in [3.63, 3.8) is 0 Å². The van der Waals surface area contributed by atoms with Crippen molar-refractivity contribution in [1.29, 1.82) is 0 Å². The second-order valence-electron chi connectivity index (χ2n) is 7.16. The molecule has 1 aliphatic heterocycles. The van der Waals surface area contributed by atoms with Gasteiger partial charge in [-0.3, -0.25) is 0 Å². The smallest absolute Gasteiger partial charge is 0.338 e. The molecule has 0 N–H and O–H groups in total. The van der Waals surface area contributed by atoms with Crippen LogP contribution < -0.4 is 4.90 Å². The lowest BCUT2D eigenvalue weighted by molar-refractivity contribution is 0.0599. The Kier molecular flexibility index (Phi) is 5.55. The molecule has 0 saturated carbocycles. The van der Waals surface area contributed by atoms with Crippen molar-refractivity contribution in [2.75, 3.05) is 25.1 Å². The van der Waals surface area contributed by atoms with Gasteiger partial charge in [0.15, 0.2) is 0 Å². The first kappa shape index (κ1) is 18.4. The van der Waals surface area contributed by atoms with E-state index in [1.807, 2.05) is 13.0 Å². The topological polar surface area (TPSA) is 55.3 Å². The van der Waals surface area contributed by atoms with Gasteiger partial charge in [-0.1, -0.05) is 6.07 Å². The highest BCUT2D eigenvalue weighted by atomic mass is 16.5. The van der Waals surface area contributed by atoms with Crippen LogP contribution in [0.1, 0.15) is 45.5 Å². The molecule has 0 atom stereocenters. The predicted octanol–water partition coefficient (Wildman–Crippen LogP) is 3.65. The third-order valence-electron chi connectivity index (χ3n) is 5.46. The monoisotopic (exact) mass is 353 g/mol. The van der Waals surface area contributed by atoms with E-state index in [0.29, 0.717) is 5.92 Å². The summed E-state index contributed by atoms with van der Waals surface area (Å²) in [5, 5.41) is 0. The number of rotatable bonds is 4. The van der Waals surface area contributed by atoms with Gasteiger partial charge in [-0.15, -0.1) is 0 Å². The molecule has 26 heavy (non-hydrogen) atoms. The van der Waals surface area contributed by atoms with E-state index in [2.05, 4.69) is 34.8 Å². The van der Waals surface area contributed by atoms with Gasteiger partial charge >= 0.3 is 5.97 Å². The first-order valence-electron chi connectivity index (χ1n) is 9.21. The molecule has 2 heterocycles. The number of esters is 1. The van der Waals surface area contributed by atoms with Crippen molar-refractivity contribution in [3.8, 4) is 0 Å². The number of carbonyl (C=O) groups is 1. The summed E-state index contributed by atoms with van der Waals surface area (Å²) in [4.78, 5) is 23.1. The zero-order chi connectivity index (χ0) is 18.7. The molecule has 1 fully saturated rings. The van der Waals surface area contributed by atoms with Gasteiger partial charge in [0.25, 0.3) is 0 Å². The molecule has 1 saturated heterocycles. The maximum absolute atomic E-state index is 12.2. The van der Waals surface area contributed by atoms with Crippen molar-refractivity contribution in [2.24, 2.45) is 5.92 Å². The summed E-state index contributed by atoms with van der Waals surface area (Å²) in [6, 6.07) is 3.96. The summed E-state index contributed by atoms with van der Waals surface area (Å²) in [6.45, 7) is 8.12. The number of methoxy groups -OCH3 is 1. The SMILES string of the molecule is COC(=O)c1c(C)cc(C)c(CC2CCN(c3ncccn3)CC2)c1C. The first-order chi connectivity index (χ1) is 12.5. The summed E-state index contributed by atoms with van der Waals surface area (Å²) < 4.78 is 4.99. The maximum atomic E-state index is 12.2. The minimum Gasteiger partial charge on any atom is -0.465 e. The molecule has 0 bridgehead atoms. The van der Waals surface area contributed by atoms with E-state index >= 15 is 0 Å². The quantitative estimate of drug-likeness (QED) is 0.786. The van der Waals surface area contributed by atoms with Crippen LogP contribution in [0.25, 0.3) is 0 Å². The number of aromatic nitrogens is 2. The number of hydrogen-bond donors (Lipinski definition) is 0. The molecule has 5 nitrogen and oxygen atoms in total. The fourth-order valence-electron chi connectivity index (χ4n) is 4.04. The summed E-state index contributed by atoms with van der Waals surface area (Å²) in [6.07, 6.45) is 6.81. The van der Waals surface area contributed by atoms with Crippen LogP contribution in [0, 0.1) is 26.7 Å². The number of benzene rings is 1. The number of piperidine rings is 1. The molecule has 5 heteroatoms. The van der Waals surface area contributed by atoms with Crippen LogP contribution in [0.2, 0.25) is 0 Å². The van der Waals surface area contributed by atoms with Gasteiger partial charge in [0.1, 0.15) is 0 Å². The molecule has 2 aromatic rings. The van der Waals surface area contributed by atoms with Crippen LogP contribution in [0.5, 0.6) is 0 Å². The number of ether oxygens (including phenoxy) is 1. The Balaban J connectivity index is 1.73. The Morgan fingerprint density at radius 1 is 1.15 bits per heavy atom. The largest absolute Gasteiger partial charge is 0.465 e. The number of anilines is 1. The van der Waals surface area contributed by atoms with Crippen LogP contribution in [-0.2, 0) is 11.2 Å². The summed E-state index contributed by atoms with van der Waals surface area (Å²) in [5.74, 6) is 1.19. The zero-order valence-corrected chi connectivity index (χ0v) is 16.1. The van der Waals surface area contributed by atoms with Crippen LogP contribution >= 0.6 is 0 Å². The highest BCUT2D eigenvalue weighted by molar-refractivity contribution is 5.93. The van der Waals surface area contributed by atoms with Gasteiger partial charge in [0, 0.05) is 25.5 Å². The average molecular weight is 353 g/mol. The van der Waals surface area contributed by atoms with E-state index in [1.54, 1.807) is 12.4 Å². The van der Waals surface area contributed by atoms with Crippen molar-refractivity contribution < 1.29 is 9.53 Å². The molecule has 0 spiro atoms. The maximum Gasteiger partial charge on any atom is 0.338 e. The summed E-state index contributed by atoms with van der Waals surface area (Å²) in [5.41, 5.74) is 5.35. The van der Waals surface area contributed by atoms with E-state index in [0.717, 1.165) is 55.0 Å². The molecule has 0 aliphatic carbocycles. The van der Waals surface area contributed by atoms with Crippen LogP contribution in [0.3, 0.4) is 0 Å². The van der Waals surface area contributed by atoms with Gasteiger partial charge in [0.05, 0.1) is 12.7 Å². The Morgan fingerprint density at radius 3 is 2.42 bits per heavy atom. The number of hydrogen-bond acceptors (Lipinski definition) is 5. The summed E-state index contributed by atoms with van der Waals surface area (Å²) in [7, 11) is 1.45. The molecular formula is C21H27N3O2. The van der Waals surface area contributed by atoms with Crippen LogP contribution in [-0.4, -0.2) is 36.1 Å². The fourth-order valence-corrected chi connectivity index (χ4v) is 4.04. The van der Waals surface area contributed by atoms with Gasteiger partial charge < -0.3 is 9.64 Å². The van der Waals surface area contributed by atoms with Crippen LogP contribution in [0.15, 0.2) is 24.5 Å². The number of nitrogens with zero attached hydrogens (tertiary/aromatic N) is 3. The van der Waals surface area contributed by atoms with Crippen LogP contribution in [0.4, 0.5) is 5.95 Å². The Hall–Kier alpha value is -2.43. The van der Waals surface area contributed by atoms with E-state index in [9.17, 15) is 4.79 Å². The van der Waals surface area contributed by atoms with E-state index in [-0.39, 0.29) is 5.97 Å². The lowest BCUT2D eigenvalue weighted by atomic mass is 9.84. The number of aryl methyl sites for hydroxylation is 2. The molecule has 0 amide bonds. The molecule has 138 valence electrons. The van der Waals surface area contributed by atoms with E-state index < -0.39 is 0 Å². The normalized spacial score (nSPS) is 15.2. The Labute approximate surface area is 155 Å². The molecule has 0 radical (unpaired) electrons. The van der Waals surface area contributed by atoms with Crippen molar-refractivity contribution in [2.45, 2.75) is 40.0 Å². The summed E-state index contributed by atoms with van der Waals surface area (Å²) >= 11 is 0. The minimum atomic E-state index is -0.239. The number of carbonyl (C=O) groups excluding carboxylic acids is 1. The lowest BCUT2D eigenvalue weighted by Gasteiger charge is -2.32. The molecule has 0 unspecified atom stereocenters. The standard InChI is InChI=1S/C21H27N3O2/c1-14-12-15(2)19(20(25)26-4)16(3)18(14)13-17-6-10-24(11-7-17)21-22-8-5-9-23-21/h5,8-9,12,17H,6-7,10-11,13H2,1-4H3. The van der Waals surface area contributed by atoms with E-state index in [1.165, 1.54) is 18.2 Å². The Bertz CT molecular complexity index is 782. The first-order valence-corrected chi connectivity index (χ1v) is 9.21. The minimum absolute atomic E-state index is 0.239. The van der Waals surface area contributed by atoms with Gasteiger partial charge in [-0.2, -0.15) is 0 Å². The van der Waals surface area contributed by atoms with Crippen molar-refractivity contribution in [1.82, 2.24) is 9.97 Å². The molecule has 1 aliphatic rings. The molecule has 3 rings (SSSR count). The molecule has 1 aromatic heterocycles. The van der Waals surface area contributed by atoms with Gasteiger partial charge in [0.2, 0.25) is 5.95 Å². The lowest BCUT2D eigenvalue weighted by Crippen LogP contribution is -2.35. The van der Waals surface area contributed by atoms with Crippen molar-refractivity contribution in [3.05, 3.63) is 52.3 Å². The zero-order valence-electron chi connectivity index (χ0n) is 16.1. The Morgan fingerprint density at radius 2 is 1.81 bits per heavy atom. The highest BCUT2D eigenvalue weighted by Crippen LogP contribution is 2.29. The van der Waals surface area contributed by atoms with E-state index in [4.69, 9.17) is 4.74 Å². The third-order valence-corrected chi connectivity index (χ3v) is 5.46. The highest BCUT2D eigenvalue weighted by Gasteiger charge is 2.24. The third kappa shape index (κ3) is 3.71. The second-order valence-corrected chi connectivity index (χ2v) is 7.16. The predicted molar refractivity (Wildman–Crippen MR) is 103 cm³/mol.